The van der Waals surface area contributed by atoms with Crippen LogP contribution in [0.3, 0.4) is 0 Å². The molecule has 1 aromatic rings. The van der Waals surface area contributed by atoms with Gasteiger partial charge >= 0.3 is 0 Å². The highest BCUT2D eigenvalue weighted by Crippen LogP contribution is 2.24. The number of nitro groups is 1. The smallest absolute Gasteiger partial charge is 0.278 e. The van der Waals surface area contributed by atoms with E-state index in [0.717, 1.165) is 0 Å². The first-order valence-corrected chi connectivity index (χ1v) is 6.05. The number of pyridine rings is 1. The van der Waals surface area contributed by atoms with E-state index in [9.17, 15) is 10.1 Å². The zero-order chi connectivity index (χ0) is 14.6. The molecule has 1 heterocycles. The summed E-state index contributed by atoms with van der Waals surface area (Å²) >= 11 is 0. The minimum Gasteiger partial charge on any atom is -0.297 e. The second kappa shape index (κ2) is 6.25. The Morgan fingerprint density at radius 2 is 2.21 bits per heavy atom. The molecule has 0 aliphatic heterocycles. The van der Waals surface area contributed by atoms with E-state index in [4.69, 9.17) is 5.26 Å². The summed E-state index contributed by atoms with van der Waals surface area (Å²) in [7, 11) is 1.88. The monoisotopic (exact) mass is 262 g/mol. The molecule has 1 unspecified atom stereocenters. The zero-order valence-electron chi connectivity index (χ0n) is 11.7. The van der Waals surface area contributed by atoms with Crippen molar-refractivity contribution in [1.29, 1.82) is 5.26 Å². The molecule has 0 N–H and O–H groups in total. The molecule has 19 heavy (non-hydrogen) atoms. The second-order valence-electron chi connectivity index (χ2n) is 4.74. The van der Waals surface area contributed by atoms with Crippen LogP contribution in [0.1, 0.15) is 30.2 Å². The Morgan fingerprint density at radius 3 is 2.74 bits per heavy atom. The van der Waals surface area contributed by atoms with Gasteiger partial charge in [0.2, 0.25) is 0 Å². The van der Waals surface area contributed by atoms with Gasteiger partial charge in [-0.25, -0.2) is 0 Å². The Hall–Kier alpha value is -2.00. The van der Waals surface area contributed by atoms with Crippen LogP contribution in [-0.2, 0) is 6.54 Å². The molecule has 102 valence electrons. The molecule has 0 fully saturated rings. The summed E-state index contributed by atoms with van der Waals surface area (Å²) in [5.41, 5.74) is 1.98. The summed E-state index contributed by atoms with van der Waals surface area (Å²) in [5.74, 6) is 0. The van der Waals surface area contributed by atoms with Crippen LogP contribution in [0.5, 0.6) is 0 Å². The van der Waals surface area contributed by atoms with E-state index in [1.165, 1.54) is 6.20 Å². The molecule has 1 rings (SSSR count). The lowest BCUT2D eigenvalue weighted by molar-refractivity contribution is -0.386. The van der Waals surface area contributed by atoms with Crippen molar-refractivity contribution in [3.63, 3.8) is 0 Å². The number of hydrogen-bond acceptors (Lipinski definition) is 5. The second-order valence-corrected chi connectivity index (χ2v) is 4.74. The van der Waals surface area contributed by atoms with E-state index < -0.39 is 0 Å². The normalized spacial score (nSPS) is 12.2. The van der Waals surface area contributed by atoms with E-state index in [1.54, 1.807) is 13.8 Å². The van der Waals surface area contributed by atoms with E-state index in [2.05, 4.69) is 11.1 Å². The summed E-state index contributed by atoms with van der Waals surface area (Å²) < 4.78 is 0. The SMILES string of the molecule is Cc1cnc(CN(C)C(C)CC#N)c(C)c1[N+](=O)[O-]. The van der Waals surface area contributed by atoms with Crippen LogP contribution in [0, 0.1) is 35.3 Å². The van der Waals surface area contributed by atoms with Gasteiger partial charge in [-0.05, 0) is 27.8 Å². The molecule has 0 aliphatic rings. The lowest BCUT2D eigenvalue weighted by Crippen LogP contribution is -2.29. The van der Waals surface area contributed by atoms with Gasteiger partial charge in [0.25, 0.3) is 5.69 Å². The molecule has 0 radical (unpaired) electrons. The minimum absolute atomic E-state index is 0.0894. The molecule has 0 amide bonds. The van der Waals surface area contributed by atoms with Crippen molar-refractivity contribution in [3.8, 4) is 6.07 Å². The number of aromatic nitrogens is 1. The fourth-order valence-electron chi connectivity index (χ4n) is 1.89. The van der Waals surface area contributed by atoms with Gasteiger partial charge in [0.1, 0.15) is 0 Å². The van der Waals surface area contributed by atoms with Gasteiger partial charge in [-0.3, -0.25) is 20.0 Å². The highest BCUT2D eigenvalue weighted by Gasteiger charge is 2.20. The molecular weight excluding hydrogens is 244 g/mol. The van der Waals surface area contributed by atoms with Crippen molar-refractivity contribution in [2.45, 2.75) is 39.8 Å². The molecule has 0 bridgehead atoms. The van der Waals surface area contributed by atoms with Crippen molar-refractivity contribution < 1.29 is 4.92 Å². The number of hydrogen-bond donors (Lipinski definition) is 0. The third kappa shape index (κ3) is 3.48. The quantitative estimate of drug-likeness (QED) is 0.600. The molecule has 6 heteroatoms. The van der Waals surface area contributed by atoms with Gasteiger partial charge < -0.3 is 0 Å². The maximum absolute atomic E-state index is 11.0. The van der Waals surface area contributed by atoms with Gasteiger partial charge in [0.05, 0.1) is 23.1 Å². The first kappa shape index (κ1) is 15.1. The predicted molar refractivity (Wildman–Crippen MR) is 71.5 cm³/mol. The maximum Gasteiger partial charge on any atom is 0.278 e. The van der Waals surface area contributed by atoms with E-state index in [0.29, 0.717) is 29.8 Å². The van der Waals surface area contributed by atoms with E-state index >= 15 is 0 Å². The number of nitrogens with zero attached hydrogens (tertiary/aromatic N) is 4. The molecule has 6 nitrogen and oxygen atoms in total. The number of aryl methyl sites for hydroxylation is 1. The molecule has 1 aromatic heterocycles. The number of nitriles is 1. The third-order valence-corrected chi connectivity index (χ3v) is 3.30. The summed E-state index contributed by atoms with van der Waals surface area (Å²) in [6.07, 6.45) is 1.95. The molecule has 0 spiro atoms. The first-order chi connectivity index (χ1) is 8.88. The van der Waals surface area contributed by atoms with Crippen LogP contribution < -0.4 is 0 Å². The Bertz CT molecular complexity index is 522. The van der Waals surface area contributed by atoms with Crippen molar-refractivity contribution in [3.05, 3.63) is 33.1 Å². The molecule has 0 saturated carbocycles. The Labute approximate surface area is 112 Å². The molecule has 0 aromatic carbocycles. The van der Waals surface area contributed by atoms with E-state index in [-0.39, 0.29) is 16.7 Å². The standard InChI is InChI=1S/C13H18N4O2/c1-9-7-15-12(11(3)13(9)17(18)19)8-16(4)10(2)5-6-14/h7,10H,5,8H2,1-4H3. The van der Waals surface area contributed by atoms with Gasteiger partial charge in [-0.15, -0.1) is 0 Å². The number of rotatable bonds is 5. The Balaban J connectivity index is 3.01. The van der Waals surface area contributed by atoms with Crippen LogP contribution in [-0.4, -0.2) is 27.9 Å². The maximum atomic E-state index is 11.0. The summed E-state index contributed by atoms with van der Waals surface area (Å²) in [6.45, 7) is 5.84. The summed E-state index contributed by atoms with van der Waals surface area (Å²) in [4.78, 5) is 16.9. The average Bonchev–Trinajstić information content (AvgIpc) is 2.32. The topological polar surface area (TPSA) is 83.1 Å². The van der Waals surface area contributed by atoms with Crippen LogP contribution in [0.25, 0.3) is 0 Å². The first-order valence-electron chi connectivity index (χ1n) is 6.05. The highest BCUT2D eigenvalue weighted by molar-refractivity contribution is 5.47. The Morgan fingerprint density at radius 1 is 1.58 bits per heavy atom. The predicted octanol–water partition coefficient (Wildman–Crippen LogP) is 2.34. The lowest BCUT2D eigenvalue weighted by Gasteiger charge is -2.22. The zero-order valence-corrected chi connectivity index (χ0v) is 11.7. The van der Waals surface area contributed by atoms with Gasteiger partial charge in [0, 0.05) is 29.9 Å². The van der Waals surface area contributed by atoms with Crippen LogP contribution in [0.15, 0.2) is 6.20 Å². The fourth-order valence-corrected chi connectivity index (χ4v) is 1.89. The highest BCUT2D eigenvalue weighted by atomic mass is 16.6. The van der Waals surface area contributed by atoms with Crippen LogP contribution >= 0.6 is 0 Å². The molecule has 0 saturated heterocycles. The van der Waals surface area contributed by atoms with E-state index in [1.807, 2.05) is 18.9 Å². The van der Waals surface area contributed by atoms with Crippen molar-refractivity contribution in [1.82, 2.24) is 9.88 Å². The largest absolute Gasteiger partial charge is 0.297 e. The van der Waals surface area contributed by atoms with Crippen LogP contribution in [0.2, 0.25) is 0 Å². The average molecular weight is 262 g/mol. The van der Waals surface area contributed by atoms with Crippen molar-refractivity contribution in [2.24, 2.45) is 0 Å². The molecular formula is C13H18N4O2. The minimum atomic E-state index is -0.367. The fraction of sp³-hybridized carbons (Fsp3) is 0.538. The van der Waals surface area contributed by atoms with Crippen LogP contribution in [0.4, 0.5) is 5.69 Å². The molecule has 1 atom stereocenters. The molecule has 0 aliphatic carbocycles. The van der Waals surface area contributed by atoms with Gasteiger partial charge in [-0.1, -0.05) is 0 Å². The summed E-state index contributed by atoms with van der Waals surface area (Å²) in [5, 5.41) is 19.7. The van der Waals surface area contributed by atoms with Gasteiger partial charge in [-0.2, -0.15) is 5.26 Å². The Kier molecular flexibility index (Phi) is 4.95. The van der Waals surface area contributed by atoms with Crippen molar-refractivity contribution in [2.75, 3.05) is 7.05 Å². The van der Waals surface area contributed by atoms with Crippen molar-refractivity contribution >= 4 is 5.69 Å². The lowest BCUT2D eigenvalue weighted by atomic mass is 10.1. The summed E-state index contributed by atoms with van der Waals surface area (Å²) in [6, 6.07) is 2.21. The third-order valence-electron chi connectivity index (χ3n) is 3.30. The van der Waals surface area contributed by atoms with Gasteiger partial charge in [0.15, 0.2) is 0 Å².